The normalized spacial score (nSPS) is 11.1. The minimum atomic E-state index is -5.31. The molecule has 21 heavy (non-hydrogen) atoms. The summed E-state index contributed by atoms with van der Waals surface area (Å²) < 4.78 is 70.9. The highest BCUT2D eigenvalue weighted by Gasteiger charge is 2.37. The Hall–Kier alpha value is -2.37. The lowest BCUT2D eigenvalue weighted by Gasteiger charge is -2.17. The average molecular weight is 309 g/mol. The fourth-order valence-electron chi connectivity index (χ4n) is 1.51. The summed E-state index contributed by atoms with van der Waals surface area (Å²) in [6.07, 6.45) is -8.75. The van der Waals surface area contributed by atoms with Crippen LogP contribution in [0.15, 0.2) is 12.1 Å². The Morgan fingerprint density at radius 1 is 1.38 bits per heavy atom. The van der Waals surface area contributed by atoms with Crippen LogP contribution in [0.25, 0.3) is 0 Å². The molecule has 0 aromatic heterocycles. The Morgan fingerprint density at radius 3 is 2.43 bits per heavy atom. The zero-order chi connectivity index (χ0) is 16.2. The summed E-state index contributed by atoms with van der Waals surface area (Å²) in [5.41, 5.74) is -2.86. The van der Waals surface area contributed by atoms with Gasteiger partial charge in [0.1, 0.15) is 5.56 Å². The second kappa shape index (κ2) is 6.39. The molecule has 0 fully saturated rings. The third kappa shape index (κ3) is 4.05. The molecule has 0 aliphatic carbocycles. The van der Waals surface area contributed by atoms with E-state index in [1.165, 1.54) is 13.0 Å². The molecule has 0 amide bonds. The van der Waals surface area contributed by atoms with Crippen LogP contribution in [-0.2, 0) is 4.74 Å². The lowest BCUT2D eigenvalue weighted by molar-refractivity contribution is -0.275. The summed E-state index contributed by atoms with van der Waals surface area (Å²) in [5.74, 6) is -2.68. The first-order valence-corrected chi connectivity index (χ1v) is 5.49. The van der Waals surface area contributed by atoms with Gasteiger partial charge in [-0.1, -0.05) is 0 Å². The van der Waals surface area contributed by atoms with Crippen LogP contribution in [0.1, 0.15) is 34.8 Å². The number of esters is 1. The van der Waals surface area contributed by atoms with Crippen LogP contribution in [0.5, 0.6) is 5.75 Å². The molecule has 0 saturated carbocycles. The van der Waals surface area contributed by atoms with E-state index < -0.39 is 41.2 Å². The van der Waals surface area contributed by atoms with Gasteiger partial charge in [-0.25, -0.2) is 13.6 Å². The van der Waals surface area contributed by atoms with Gasteiger partial charge in [0.15, 0.2) is 5.75 Å². The van der Waals surface area contributed by atoms with Crippen LogP contribution in [0, 0.1) is 11.3 Å². The van der Waals surface area contributed by atoms with Crippen LogP contribution < -0.4 is 4.74 Å². The first kappa shape index (κ1) is 16.7. The molecule has 0 bridgehead atoms. The van der Waals surface area contributed by atoms with Gasteiger partial charge >= 0.3 is 12.3 Å². The van der Waals surface area contributed by atoms with Gasteiger partial charge in [0.25, 0.3) is 6.43 Å². The Morgan fingerprint density at radius 2 is 2.00 bits per heavy atom. The Bertz CT molecular complexity index is 577. The van der Waals surface area contributed by atoms with Crippen molar-refractivity contribution in [1.82, 2.24) is 0 Å². The van der Waals surface area contributed by atoms with Crippen molar-refractivity contribution in [2.24, 2.45) is 0 Å². The number of rotatable bonds is 4. The van der Waals surface area contributed by atoms with Crippen molar-refractivity contribution in [2.75, 3.05) is 6.61 Å². The minimum absolute atomic E-state index is 0.172. The quantitative estimate of drug-likeness (QED) is 0.630. The molecule has 0 unspecified atom stereocenters. The standard InChI is InChI=1S/C12H8F5NO3/c1-2-20-11(19)7-4-3-6(5-18)8(10(13)14)9(7)21-12(15,16)17/h3-4,10H,2H2,1H3. The van der Waals surface area contributed by atoms with E-state index in [2.05, 4.69) is 9.47 Å². The Kier molecular flexibility index (Phi) is 5.07. The smallest absolute Gasteiger partial charge is 0.462 e. The number of halogens is 5. The van der Waals surface area contributed by atoms with Gasteiger partial charge in [0.05, 0.1) is 23.8 Å². The molecule has 0 saturated heterocycles. The van der Waals surface area contributed by atoms with E-state index in [-0.39, 0.29) is 6.61 Å². The highest BCUT2D eigenvalue weighted by atomic mass is 19.4. The number of hydrogen-bond acceptors (Lipinski definition) is 4. The van der Waals surface area contributed by atoms with Crippen molar-refractivity contribution in [3.05, 3.63) is 28.8 Å². The molecule has 9 heteroatoms. The van der Waals surface area contributed by atoms with E-state index in [0.29, 0.717) is 0 Å². The third-order valence-corrected chi connectivity index (χ3v) is 2.25. The lowest BCUT2D eigenvalue weighted by Crippen LogP contribution is -2.21. The van der Waals surface area contributed by atoms with Gasteiger partial charge < -0.3 is 9.47 Å². The molecule has 0 aliphatic heterocycles. The van der Waals surface area contributed by atoms with Crippen LogP contribution in [0.2, 0.25) is 0 Å². The van der Waals surface area contributed by atoms with Gasteiger partial charge in [-0.2, -0.15) is 5.26 Å². The second-order valence-corrected chi connectivity index (χ2v) is 3.58. The maximum atomic E-state index is 12.9. The molecule has 0 atom stereocenters. The Labute approximate surface area is 115 Å². The monoisotopic (exact) mass is 309 g/mol. The van der Waals surface area contributed by atoms with E-state index in [9.17, 15) is 26.7 Å². The second-order valence-electron chi connectivity index (χ2n) is 3.58. The summed E-state index contributed by atoms with van der Waals surface area (Å²) >= 11 is 0. The van der Waals surface area contributed by atoms with E-state index in [1.54, 1.807) is 0 Å². The van der Waals surface area contributed by atoms with Gasteiger partial charge in [-0.15, -0.1) is 13.2 Å². The molecule has 0 aliphatic rings. The minimum Gasteiger partial charge on any atom is -0.462 e. The molecule has 0 heterocycles. The fraction of sp³-hybridized carbons (Fsp3) is 0.333. The predicted molar refractivity (Wildman–Crippen MR) is 58.8 cm³/mol. The first-order valence-electron chi connectivity index (χ1n) is 5.49. The molecule has 4 nitrogen and oxygen atoms in total. The van der Waals surface area contributed by atoms with Gasteiger partial charge in [-0.3, -0.25) is 0 Å². The summed E-state index contributed by atoms with van der Waals surface area (Å²) in [6.45, 7) is 1.22. The topological polar surface area (TPSA) is 59.3 Å². The summed E-state index contributed by atoms with van der Waals surface area (Å²) in [5, 5.41) is 8.69. The third-order valence-electron chi connectivity index (χ3n) is 2.25. The van der Waals surface area contributed by atoms with Gasteiger partial charge in [-0.05, 0) is 19.1 Å². The zero-order valence-corrected chi connectivity index (χ0v) is 10.5. The van der Waals surface area contributed by atoms with Crippen molar-refractivity contribution in [3.63, 3.8) is 0 Å². The van der Waals surface area contributed by atoms with Crippen LogP contribution in [0.4, 0.5) is 22.0 Å². The average Bonchev–Trinajstić information content (AvgIpc) is 2.35. The highest BCUT2D eigenvalue weighted by molar-refractivity contribution is 5.93. The maximum Gasteiger partial charge on any atom is 0.573 e. The van der Waals surface area contributed by atoms with Crippen molar-refractivity contribution in [2.45, 2.75) is 19.7 Å². The molecule has 0 N–H and O–H groups in total. The van der Waals surface area contributed by atoms with Crippen LogP contribution >= 0.6 is 0 Å². The molecule has 1 rings (SSSR count). The molecular formula is C12H8F5NO3. The first-order chi connectivity index (χ1) is 9.71. The van der Waals surface area contributed by atoms with Crippen molar-refractivity contribution < 1.29 is 36.2 Å². The summed E-state index contributed by atoms with van der Waals surface area (Å²) in [4.78, 5) is 11.5. The number of benzene rings is 1. The maximum absolute atomic E-state index is 12.9. The SMILES string of the molecule is CCOC(=O)c1ccc(C#N)c(C(F)F)c1OC(F)(F)F. The van der Waals surface area contributed by atoms with E-state index >= 15 is 0 Å². The van der Waals surface area contributed by atoms with E-state index in [4.69, 9.17) is 5.26 Å². The number of nitrogens with zero attached hydrogens (tertiary/aromatic N) is 1. The predicted octanol–water partition coefficient (Wildman–Crippen LogP) is 3.57. The number of nitriles is 1. The largest absolute Gasteiger partial charge is 0.573 e. The molecular weight excluding hydrogens is 301 g/mol. The lowest BCUT2D eigenvalue weighted by atomic mass is 10.0. The number of ether oxygens (including phenoxy) is 2. The zero-order valence-electron chi connectivity index (χ0n) is 10.5. The molecule has 0 radical (unpaired) electrons. The number of carbonyl (C=O) groups is 1. The van der Waals surface area contributed by atoms with Crippen molar-refractivity contribution in [3.8, 4) is 11.8 Å². The van der Waals surface area contributed by atoms with Gasteiger partial charge in [0.2, 0.25) is 0 Å². The van der Waals surface area contributed by atoms with Crippen molar-refractivity contribution in [1.29, 1.82) is 5.26 Å². The number of hydrogen-bond donors (Lipinski definition) is 0. The van der Waals surface area contributed by atoms with E-state index in [0.717, 1.165) is 12.1 Å². The molecule has 0 spiro atoms. The molecule has 114 valence electrons. The fourth-order valence-corrected chi connectivity index (χ4v) is 1.51. The highest BCUT2D eigenvalue weighted by Crippen LogP contribution is 2.38. The number of carbonyl (C=O) groups excluding carboxylic acids is 1. The molecule has 1 aromatic rings. The Balaban J connectivity index is 3.55. The van der Waals surface area contributed by atoms with Gasteiger partial charge in [0, 0.05) is 0 Å². The van der Waals surface area contributed by atoms with Crippen LogP contribution in [-0.4, -0.2) is 18.9 Å². The molecule has 1 aromatic carbocycles. The summed E-state index contributed by atoms with van der Waals surface area (Å²) in [6, 6.07) is 2.89. The van der Waals surface area contributed by atoms with Crippen LogP contribution in [0.3, 0.4) is 0 Å². The summed E-state index contributed by atoms with van der Waals surface area (Å²) in [7, 11) is 0. The van der Waals surface area contributed by atoms with Crippen molar-refractivity contribution >= 4 is 5.97 Å². The van der Waals surface area contributed by atoms with E-state index in [1.807, 2.05) is 0 Å². The number of alkyl halides is 5.